The Morgan fingerprint density at radius 3 is 2.40 bits per heavy atom. The molecule has 2 aliphatic heterocycles. The van der Waals surface area contributed by atoms with E-state index in [1.807, 2.05) is 42.5 Å². The van der Waals surface area contributed by atoms with Crippen molar-refractivity contribution in [3.63, 3.8) is 0 Å². The Labute approximate surface area is 240 Å². The first-order chi connectivity index (χ1) is 20.1. The lowest BCUT2D eigenvalue weighted by Gasteiger charge is -2.43. The number of aliphatic hydroxyl groups is 1. The van der Waals surface area contributed by atoms with Gasteiger partial charge in [0.1, 0.15) is 22.6 Å². The third-order valence-corrected chi connectivity index (χ3v) is 9.36. The molecule has 0 saturated carbocycles. The van der Waals surface area contributed by atoms with E-state index in [-0.39, 0.29) is 53.1 Å². The fourth-order valence-corrected chi connectivity index (χ4v) is 7.45. The van der Waals surface area contributed by atoms with Gasteiger partial charge < -0.3 is 15.7 Å². The molecule has 214 valence electrons. The number of aromatic amines is 1. The molecule has 2 atom stereocenters. The number of amides is 1. The van der Waals surface area contributed by atoms with Crippen molar-refractivity contribution in [1.82, 2.24) is 39.7 Å². The highest BCUT2D eigenvalue weighted by atomic mass is 32.2. The minimum Gasteiger partial charge on any atom is -0.383 e. The summed E-state index contributed by atoms with van der Waals surface area (Å²) in [5.74, 6) is -0.329. The summed E-state index contributed by atoms with van der Waals surface area (Å²) in [6.45, 7) is 0. The second-order valence-electron chi connectivity index (χ2n) is 10.9. The molecule has 4 aromatic heterocycles. The molecule has 0 spiro atoms. The molecule has 0 radical (unpaired) electrons. The first-order valence-corrected chi connectivity index (χ1v) is 15.3. The summed E-state index contributed by atoms with van der Waals surface area (Å²) < 4.78 is 27.5. The Hall–Kier alpha value is -4.69. The number of benzene rings is 1. The van der Waals surface area contributed by atoms with E-state index in [9.17, 15) is 18.3 Å². The molecular formula is C28H27N9O4S. The maximum Gasteiger partial charge on any atom is 0.291 e. The Morgan fingerprint density at radius 1 is 1.05 bits per heavy atom. The molecule has 5 aromatic rings. The Bertz CT molecular complexity index is 1910. The van der Waals surface area contributed by atoms with Crippen molar-refractivity contribution >= 4 is 27.2 Å². The highest BCUT2D eigenvalue weighted by Gasteiger charge is 2.53. The predicted octanol–water partition coefficient (Wildman–Crippen LogP) is 2.22. The third-order valence-electron chi connectivity index (χ3n) is 8.21. The summed E-state index contributed by atoms with van der Waals surface area (Å²) in [7, 11) is -3.94. The maximum absolute atomic E-state index is 13.2. The minimum absolute atomic E-state index is 0.0331. The van der Waals surface area contributed by atoms with Gasteiger partial charge in [-0.2, -0.15) is 14.7 Å². The molecule has 2 unspecified atom stereocenters. The van der Waals surface area contributed by atoms with E-state index in [4.69, 9.17) is 10.7 Å². The average Bonchev–Trinajstić information content (AvgIpc) is 3.72. The van der Waals surface area contributed by atoms with Crippen LogP contribution in [-0.4, -0.2) is 77.4 Å². The van der Waals surface area contributed by atoms with E-state index >= 15 is 0 Å². The molecule has 2 aliphatic rings. The topological polar surface area (TPSA) is 185 Å². The number of hydrogen-bond acceptors (Lipinski definition) is 10. The van der Waals surface area contributed by atoms with Crippen molar-refractivity contribution in [3.05, 3.63) is 72.7 Å². The fraction of sp³-hybridized carbons (Fsp3) is 0.286. The number of rotatable bonds is 5. The van der Waals surface area contributed by atoms with Crippen LogP contribution in [-0.2, 0) is 15.4 Å². The number of aromatic nitrogens is 7. The summed E-state index contributed by atoms with van der Waals surface area (Å²) in [5, 5.41) is 22.9. The van der Waals surface area contributed by atoms with Crippen LogP contribution >= 0.6 is 0 Å². The minimum atomic E-state index is -3.94. The van der Waals surface area contributed by atoms with E-state index in [1.54, 1.807) is 17.3 Å². The number of pyridine rings is 1. The average molecular weight is 586 g/mol. The Kier molecular flexibility index (Phi) is 5.88. The largest absolute Gasteiger partial charge is 0.383 e. The Balaban J connectivity index is 1.32. The van der Waals surface area contributed by atoms with Crippen molar-refractivity contribution in [2.75, 3.05) is 12.0 Å². The summed E-state index contributed by atoms with van der Waals surface area (Å²) >= 11 is 0. The molecule has 6 heterocycles. The monoisotopic (exact) mass is 585 g/mol. The van der Waals surface area contributed by atoms with Gasteiger partial charge in [-0.1, -0.05) is 36.4 Å². The second kappa shape index (κ2) is 9.42. The summed E-state index contributed by atoms with van der Waals surface area (Å²) in [5.41, 5.74) is 8.11. The highest BCUT2D eigenvalue weighted by molar-refractivity contribution is 7.91. The number of carbonyl (C=O) groups excluding carboxylic acids is 1. The number of nitrogens with one attached hydrogen (secondary N) is 1. The van der Waals surface area contributed by atoms with Crippen LogP contribution in [0.4, 0.5) is 5.82 Å². The lowest BCUT2D eigenvalue weighted by atomic mass is 9.83. The number of sulfone groups is 1. The van der Waals surface area contributed by atoms with Gasteiger partial charge in [0.25, 0.3) is 5.91 Å². The molecule has 4 N–H and O–H groups in total. The van der Waals surface area contributed by atoms with Crippen LogP contribution in [0.3, 0.4) is 0 Å². The zero-order valence-electron chi connectivity index (χ0n) is 22.5. The van der Waals surface area contributed by atoms with Crippen LogP contribution < -0.4 is 5.73 Å². The van der Waals surface area contributed by atoms with Crippen molar-refractivity contribution in [1.29, 1.82) is 0 Å². The van der Waals surface area contributed by atoms with Gasteiger partial charge in [-0.15, -0.1) is 0 Å². The van der Waals surface area contributed by atoms with Crippen LogP contribution in [0.1, 0.15) is 42.0 Å². The number of fused-ring (bicyclic) bond motifs is 3. The van der Waals surface area contributed by atoms with E-state index in [2.05, 4.69) is 25.3 Å². The normalized spacial score (nSPS) is 22.1. The number of nitrogens with two attached hydrogens (primary N) is 1. The van der Waals surface area contributed by atoms with Gasteiger partial charge in [-0.05, 0) is 18.9 Å². The predicted molar refractivity (Wildman–Crippen MR) is 152 cm³/mol. The van der Waals surface area contributed by atoms with Gasteiger partial charge in [0.15, 0.2) is 15.5 Å². The smallest absolute Gasteiger partial charge is 0.291 e. The number of hydrogen-bond donors (Lipinski definition) is 3. The fourth-order valence-electron chi connectivity index (χ4n) is 6.40. The SMILES string of the molecule is CS(=O)(=O)c1c(C2(O)CC3CCC(C2)N3C(=O)c2ncn[nH]2)nc2c(-c3ccc(-c4ccccc4)nc3)cnn2c1N. The summed E-state index contributed by atoms with van der Waals surface area (Å²) in [4.78, 5) is 28.0. The number of nitrogens with zero attached hydrogens (tertiary/aromatic N) is 7. The van der Waals surface area contributed by atoms with Crippen LogP contribution in [0.5, 0.6) is 0 Å². The molecule has 2 bridgehead atoms. The number of anilines is 1. The molecule has 13 nitrogen and oxygen atoms in total. The van der Waals surface area contributed by atoms with Gasteiger partial charge in [0.05, 0.1) is 17.6 Å². The number of carbonyl (C=O) groups is 1. The molecule has 1 amide bonds. The van der Waals surface area contributed by atoms with Gasteiger partial charge in [0.2, 0.25) is 5.82 Å². The van der Waals surface area contributed by atoms with Crippen LogP contribution in [0.25, 0.3) is 28.0 Å². The first kappa shape index (κ1) is 26.2. The van der Waals surface area contributed by atoms with Crippen LogP contribution in [0.15, 0.2) is 66.1 Å². The second-order valence-corrected chi connectivity index (χ2v) is 12.9. The maximum atomic E-state index is 13.2. The third kappa shape index (κ3) is 4.13. The lowest BCUT2D eigenvalue weighted by Crippen LogP contribution is -2.52. The molecule has 42 heavy (non-hydrogen) atoms. The van der Waals surface area contributed by atoms with Gasteiger partial charge in [0, 0.05) is 54.1 Å². The lowest BCUT2D eigenvalue weighted by molar-refractivity contribution is -0.0529. The zero-order valence-corrected chi connectivity index (χ0v) is 23.4. The number of nitrogen functional groups attached to an aromatic ring is 1. The molecule has 2 saturated heterocycles. The molecular weight excluding hydrogens is 558 g/mol. The quantitative estimate of drug-likeness (QED) is 0.276. The zero-order chi connectivity index (χ0) is 29.2. The van der Waals surface area contributed by atoms with Gasteiger partial charge in [-0.3, -0.25) is 14.9 Å². The highest BCUT2D eigenvalue weighted by Crippen LogP contribution is 2.48. The van der Waals surface area contributed by atoms with E-state index < -0.39 is 15.4 Å². The van der Waals surface area contributed by atoms with E-state index in [0.717, 1.165) is 17.5 Å². The molecule has 7 rings (SSSR count). The first-order valence-electron chi connectivity index (χ1n) is 13.4. The summed E-state index contributed by atoms with van der Waals surface area (Å²) in [6.07, 6.45) is 7.03. The van der Waals surface area contributed by atoms with Crippen molar-refractivity contribution in [2.24, 2.45) is 0 Å². The molecule has 2 fully saturated rings. The van der Waals surface area contributed by atoms with Crippen LogP contribution in [0, 0.1) is 0 Å². The molecule has 14 heteroatoms. The van der Waals surface area contributed by atoms with Crippen LogP contribution in [0.2, 0.25) is 0 Å². The molecule has 1 aromatic carbocycles. The van der Waals surface area contributed by atoms with E-state index in [1.165, 1.54) is 10.8 Å². The summed E-state index contributed by atoms with van der Waals surface area (Å²) in [6, 6.07) is 12.8. The standard InChI is InChI=1S/C28H27N9O4S/c1-42(40,41)22-23(28(39)11-18-8-9-19(12-28)36(18)27(38)25-31-15-32-35-25)34-26-20(14-33-37(26)24(22)29)17-7-10-21(30-13-17)16-5-3-2-4-6-16/h2-7,10,13-15,18-19,39H,8-9,11-12,29H2,1H3,(H,31,32,35). The number of H-pyrrole nitrogens is 1. The number of piperidine rings is 1. The Morgan fingerprint density at radius 2 is 1.79 bits per heavy atom. The van der Waals surface area contributed by atoms with Gasteiger partial charge in [-0.25, -0.2) is 18.4 Å². The molecule has 0 aliphatic carbocycles. The van der Waals surface area contributed by atoms with Crippen molar-refractivity contribution in [3.8, 4) is 22.4 Å². The van der Waals surface area contributed by atoms with Gasteiger partial charge >= 0.3 is 0 Å². The van der Waals surface area contributed by atoms with Crippen molar-refractivity contribution < 1.29 is 18.3 Å². The van der Waals surface area contributed by atoms with Crippen molar-refractivity contribution in [2.45, 2.75) is 48.3 Å². The van der Waals surface area contributed by atoms with E-state index in [0.29, 0.717) is 29.6 Å².